The third kappa shape index (κ3) is 2.90. The lowest BCUT2D eigenvalue weighted by molar-refractivity contribution is 0.0979. The summed E-state index contributed by atoms with van der Waals surface area (Å²) in [6.07, 6.45) is 2.61. The molecule has 0 radical (unpaired) electrons. The number of hydrogen-bond acceptors (Lipinski definition) is 4. The van der Waals surface area contributed by atoms with Crippen LogP contribution in [0.25, 0.3) is 0 Å². The second-order valence-electron chi connectivity index (χ2n) is 5.64. The molecular weight excluding hydrogens is 290 g/mol. The fraction of sp³-hybridized carbons (Fsp3) is 0.263. The van der Waals surface area contributed by atoms with E-state index in [0.29, 0.717) is 34.5 Å². The molecule has 0 amide bonds. The number of unbranched alkanes of at least 4 members (excludes halogenated alkanes) is 2. The predicted octanol–water partition coefficient (Wildman–Crippen LogP) is 3.04. The summed E-state index contributed by atoms with van der Waals surface area (Å²) in [7, 11) is 0. The zero-order chi connectivity index (χ0) is 16.2. The average molecular weight is 309 g/mol. The van der Waals surface area contributed by atoms with Gasteiger partial charge in [0.2, 0.25) is 0 Å². The van der Waals surface area contributed by atoms with Gasteiger partial charge in [0.15, 0.2) is 11.6 Å². The molecule has 0 saturated carbocycles. The third-order valence-corrected chi connectivity index (χ3v) is 4.10. The van der Waals surface area contributed by atoms with Crippen LogP contribution in [-0.2, 0) is 0 Å². The number of carbonyl (C=O) groups is 2. The summed E-state index contributed by atoms with van der Waals surface area (Å²) in [5, 5.41) is 12.1. The number of benzene rings is 2. The molecule has 2 N–H and O–H groups in total. The van der Waals surface area contributed by atoms with Crippen molar-refractivity contribution in [3.8, 4) is 0 Å². The molecule has 0 spiro atoms. The maximum atomic E-state index is 12.8. The number of aliphatic hydroxyl groups is 1. The number of carbonyl (C=O) groups excluding carboxylic acids is 2. The van der Waals surface area contributed by atoms with Crippen molar-refractivity contribution < 1.29 is 14.7 Å². The van der Waals surface area contributed by atoms with Crippen molar-refractivity contribution in [2.24, 2.45) is 0 Å². The van der Waals surface area contributed by atoms with Crippen LogP contribution in [0.2, 0.25) is 0 Å². The molecule has 1 aliphatic carbocycles. The van der Waals surface area contributed by atoms with Crippen LogP contribution in [0.4, 0.5) is 5.69 Å². The summed E-state index contributed by atoms with van der Waals surface area (Å²) in [6, 6.07) is 12.3. The largest absolute Gasteiger partial charge is 0.396 e. The van der Waals surface area contributed by atoms with E-state index in [4.69, 9.17) is 5.11 Å². The molecule has 0 aliphatic heterocycles. The molecule has 2 aromatic rings. The number of rotatable bonds is 6. The number of ketones is 2. The molecule has 0 fully saturated rings. The van der Waals surface area contributed by atoms with Crippen LogP contribution in [0.3, 0.4) is 0 Å². The average Bonchev–Trinajstić information content (AvgIpc) is 2.59. The first kappa shape index (κ1) is 15.4. The van der Waals surface area contributed by atoms with Gasteiger partial charge in [-0.15, -0.1) is 0 Å². The van der Waals surface area contributed by atoms with Crippen molar-refractivity contribution in [2.75, 3.05) is 18.5 Å². The molecule has 0 bridgehead atoms. The molecule has 0 heterocycles. The second-order valence-corrected chi connectivity index (χ2v) is 5.64. The summed E-state index contributed by atoms with van der Waals surface area (Å²) in [5.41, 5.74) is 2.59. The van der Waals surface area contributed by atoms with Gasteiger partial charge in [-0.05, 0) is 25.3 Å². The molecule has 2 aromatic carbocycles. The van der Waals surface area contributed by atoms with E-state index in [1.165, 1.54) is 0 Å². The van der Waals surface area contributed by atoms with E-state index in [1.807, 2.05) is 6.07 Å². The smallest absolute Gasteiger partial charge is 0.196 e. The lowest BCUT2D eigenvalue weighted by Gasteiger charge is -2.20. The lowest BCUT2D eigenvalue weighted by Crippen LogP contribution is -2.22. The Bertz CT molecular complexity index is 752. The van der Waals surface area contributed by atoms with E-state index in [0.717, 1.165) is 19.3 Å². The van der Waals surface area contributed by atoms with E-state index in [-0.39, 0.29) is 18.2 Å². The number of hydrogen-bond donors (Lipinski definition) is 2. The van der Waals surface area contributed by atoms with Gasteiger partial charge in [-0.1, -0.05) is 36.4 Å². The molecule has 1 aliphatic rings. The van der Waals surface area contributed by atoms with E-state index < -0.39 is 0 Å². The van der Waals surface area contributed by atoms with Crippen LogP contribution in [0.5, 0.6) is 0 Å². The standard InChI is InChI=1S/C19H19NO3/c21-12-5-1-4-11-20-16-10-6-9-15-17(16)19(23)14-8-3-2-7-13(14)18(15)22/h2-3,6-10,20-21H,1,4-5,11-12H2. The minimum Gasteiger partial charge on any atom is -0.396 e. The molecule has 0 atom stereocenters. The van der Waals surface area contributed by atoms with Gasteiger partial charge in [0.1, 0.15) is 0 Å². The summed E-state index contributed by atoms with van der Waals surface area (Å²) in [6.45, 7) is 0.907. The highest BCUT2D eigenvalue weighted by Crippen LogP contribution is 2.31. The summed E-state index contributed by atoms with van der Waals surface area (Å²) < 4.78 is 0. The zero-order valence-electron chi connectivity index (χ0n) is 12.8. The normalized spacial score (nSPS) is 12.7. The van der Waals surface area contributed by atoms with E-state index in [9.17, 15) is 9.59 Å². The Morgan fingerprint density at radius 3 is 2.22 bits per heavy atom. The van der Waals surface area contributed by atoms with Gasteiger partial charge >= 0.3 is 0 Å². The van der Waals surface area contributed by atoms with E-state index in [2.05, 4.69) is 5.32 Å². The molecule has 0 unspecified atom stereocenters. The molecule has 4 heteroatoms. The Labute approximate surface area is 135 Å². The Morgan fingerprint density at radius 1 is 0.783 bits per heavy atom. The Kier molecular flexibility index (Phi) is 4.53. The first-order valence-corrected chi connectivity index (χ1v) is 7.90. The first-order chi connectivity index (χ1) is 11.2. The van der Waals surface area contributed by atoms with Gasteiger partial charge in [0, 0.05) is 35.5 Å². The van der Waals surface area contributed by atoms with Gasteiger partial charge in [0.05, 0.1) is 5.56 Å². The maximum absolute atomic E-state index is 12.8. The Morgan fingerprint density at radius 2 is 1.48 bits per heavy atom. The zero-order valence-corrected chi connectivity index (χ0v) is 12.8. The topological polar surface area (TPSA) is 66.4 Å². The number of fused-ring (bicyclic) bond motifs is 2. The highest BCUT2D eigenvalue weighted by molar-refractivity contribution is 6.30. The molecule has 3 rings (SSSR count). The van der Waals surface area contributed by atoms with Crippen LogP contribution in [0, 0.1) is 0 Å². The third-order valence-electron chi connectivity index (χ3n) is 4.10. The predicted molar refractivity (Wildman–Crippen MR) is 89.2 cm³/mol. The SMILES string of the molecule is O=C1c2ccccc2C(=O)c2c(NCCCCCO)cccc21. The second kappa shape index (κ2) is 6.75. The molecule has 0 saturated heterocycles. The van der Waals surface area contributed by atoms with Crippen LogP contribution < -0.4 is 5.32 Å². The van der Waals surface area contributed by atoms with Gasteiger partial charge in [-0.25, -0.2) is 0 Å². The van der Waals surface area contributed by atoms with Gasteiger partial charge in [0.25, 0.3) is 0 Å². The lowest BCUT2D eigenvalue weighted by atomic mass is 9.83. The minimum atomic E-state index is -0.103. The Balaban J connectivity index is 1.88. The number of anilines is 1. The molecule has 23 heavy (non-hydrogen) atoms. The molecule has 4 nitrogen and oxygen atoms in total. The molecule has 118 valence electrons. The molecular formula is C19H19NO3. The summed E-state index contributed by atoms with van der Waals surface area (Å²) in [4.78, 5) is 25.4. The van der Waals surface area contributed by atoms with Crippen molar-refractivity contribution in [1.82, 2.24) is 0 Å². The van der Waals surface area contributed by atoms with Gasteiger partial charge in [-0.2, -0.15) is 0 Å². The van der Waals surface area contributed by atoms with Crippen LogP contribution in [-0.4, -0.2) is 29.8 Å². The van der Waals surface area contributed by atoms with Crippen molar-refractivity contribution in [2.45, 2.75) is 19.3 Å². The van der Waals surface area contributed by atoms with E-state index >= 15 is 0 Å². The summed E-state index contributed by atoms with van der Waals surface area (Å²) in [5.74, 6) is -0.201. The van der Waals surface area contributed by atoms with Crippen LogP contribution in [0.15, 0.2) is 42.5 Å². The fourth-order valence-corrected chi connectivity index (χ4v) is 2.93. The highest BCUT2D eigenvalue weighted by atomic mass is 16.2. The number of nitrogens with one attached hydrogen (secondary N) is 1. The highest BCUT2D eigenvalue weighted by Gasteiger charge is 2.31. The first-order valence-electron chi connectivity index (χ1n) is 7.90. The Hall–Kier alpha value is -2.46. The van der Waals surface area contributed by atoms with E-state index in [1.54, 1.807) is 36.4 Å². The van der Waals surface area contributed by atoms with Crippen molar-refractivity contribution in [3.05, 3.63) is 64.7 Å². The number of aliphatic hydroxyl groups excluding tert-OH is 1. The van der Waals surface area contributed by atoms with Crippen LogP contribution in [0.1, 0.15) is 51.1 Å². The maximum Gasteiger partial charge on any atom is 0.196 e. The fourth-order valence-electron chi connectivity index (χ4n) is 2.93. The van der Waals surface area contributed by atoms with Crippen molar-refractivity contribution >= 4 is 17.3 Å². The minimum absolute atomic E-state index is 0.0980. The monoisotopic (exact) mass is 309 g/mol. The summed E-state index contributed by atoms with van der Waals surface area (Å²) >= 11 is 0. The van der Waals surface area contributed by atoms with Gasteiger partial charge < -0.3 is 10.4 Å². The van der Waals surface area contributed by atoms with Crippen LogP contribution >= 0.6 is 0 Å². The van der Waals surface area contributed by atoms with Crippen molar-refractivity contribution in [3.63, 3.8) is 0 Å². The van der Waals surface area contributed by atoms with Gasteiger partial charge in [-0.3, -0.25) is 9.59 Å². The quantitative estimate of drug-likeness (QED) is 0.687. The molecule has 0 aromatic heterocycles. The van der Waals surface area contributed by atoms with Crippen molar-refractivity contribution in [1.29, 1.82) is 0 Å².